The molecule has 0 spiro atoms. The number of aliphatic carboxylic acids is 2. The standard InChI is InChI=1S/C34H34N4O4.AsH3/c1-7-21-17(3)25-13-26-19(5)23(9-11-33(39)40)31(37-26)16-32-24(10-12-34(41)42)20(6)28(38-32)15-30-22(8-2)18(4)27(36-30)14-29(21)35-25;/h7-8,13-16,35,38H,1-2,9-12H2,3-6H3,(H,39,40)(H,41,42);1H3. The van der Waals surface area contributed by atoms with Crippen molar-refractivity contribution in [3.63, 3.8) is 0 Å². The van der Waals surface area contributed by atoms with Gasteiger partial charge >= 0.3 is 29.9 Å². The van der Waals surface area contributed by atoms with E-state index < -0.39 is 11.9 Å². The number of carbonyl (C=O) groups is 2. The first kappa shape index (κ1) is 31.5. The van der Waals surface area contributed by atoms with E-state index in [9.17, 15) is 19.8 Å². The van der Waals surface area contributed by atoms with Gasteiger partial charge in [-0.15, -0.1) is 0 Å². The Hall–Kier alpha value is -4.42. The van der Waals surface area contributed by atoms with Crippen LogP contribution in [0.2, 0.25) is 0 Å². The zero-order valence-electron chi connectivity index (χ0n) is 25.0. The quantitative estimate of drug-likeness (QED) is 0.213. The molecule has 3 aromatic rings. The van der Waals surface area contributed by atoms with Crippen LogP contribution in [0.4, 0.5) is 0 Å². The molecule has 1 unspecified atom stereocenters. The van der Waals surface area contributed by atoms with Crippen molar-refractivity contribution in [1.82, 2.24) is 19.9 Å². The molecule has 3 aromatic heterocycles. The third-order valence-electron chi connectivity index (χ3n) is 8.22. The minimum atomic E-state index is -0.883. The third kappa shape index (κ3) is 5.93. The van der Waals surface area contributed by atoms with Crippen LogP contribution in [-0.2, 0) is 16.0 Å². The van der Waals surface area contributed by atoms with Gasteiger partial charge in [-0.05, 0) is 98.2 Å². The van der Waals surface area contributed by atoms with E-state index in [4.69, 9.17) is 9.97 Å². The van der Waals surface area contributed by atoms with Crippen LogP contribution in [0, 0.1) is 13.8 Å². The van der Waals surface area contributed by atoms with E-state index in [1.165, 1.54) is 0 Å². The fourth-order valence-electron chi connectivity index (χ4n) is 5.77. The van der Waals surface area contributed by atoms with Crippen molar-refractivity contribution in [3.8, 4) is 0 Å². The Morgan fingerprint density at radius 1 is 0.721 bits per heavy atom. The Bertz CT molecular complexity index is 1920. The molecule has 0 amide bonds. The van der Waals surface area contributed by atoms with Crippen molar-refractivity contribution in [3.05, 3.63) is 88.5 Å². The van der Waals surface area contributed by atoms with E-state index in [2.05, 4.69) is 23.1 Å². The van der Waals surface area contributed by atoms with E-state index in [-0.39, 0.29) is 30.8 Å². The Balaban J connectivity index is 0.00000423. The summed E-state index contributed by atoms with van der Waals surface area (Å²) in [7, 11) is 0. The molecule has 8 nitrogen and oxygen atoms in total. The van der Waals surface area contributed by atoms with Crippen LogP contribution in [0.15, 0.2) is 43.5 Å². The third-order valence-corrected chi connectivity index (χ3v) is 8.22. The topological polar surface area (TPSA) is 132 Å². The van der Waals surface area contributed by atoms with E-state index >= 15 is 0 Å². The van der Waals surface area contributed by atoms with Gasteiger partial charge in [-0.2, -0.15) is 0 Å². The van der Waals surface area contributed by atoms with Crippen LogP contribution in [-0.4, -0.2) is 60.0 Å². The molecule has 9 heteroatoms. The van der Waals surface area contributed by atoms with Gasteiger partial charge in [0.25, 0.3) is 0 Å². The summed E-state index contributed by atoms with van der Waals surface area (Å²) in [5.74, 6) is -1.76. The molecule has 4 N–H and O–H groups in total. The average Bonchev–Trinajstić information content (AvgIpc) is 3.59. The first-order valence-corrected chi connectivity index (χ1v) is 13.9. The molecule has 0 saturated carbocycles. The Kier molecular flexibility index (Phi) is 9.12. The number of carboxylic acids is 2. The number of aromatic amines is 2. The molecule has 2 aliphatic rings. The van der Waals surface area contributed by atoms with Crippen LogP contribution >= 0.6 is 0 Å². The van der Waals surface area contributed by atoms with Crippen molar-refractivity contribution in [2.45, 2.75) is 53.4 Å². The predicted octanol–water partition coefficient (Wildman–Crippen LogP) is 6.32. The van der Waals surface area contributed by atoms with Gasteiger partial charge < -0.3 is 20.2 Å². The summed E-state index contributed by atoms with van der Waals surface area (Å²) < 4.78 is 0. The fraction of sp³-hybridized carbons (Fsp3) is 0.235. The number of nitrogens with zero attached hydrogens (tertiary/aromatic N) is 2. The van der Waals surface area contributed by atoms with Crippen molar-refractivity contribution >= 4 is 80.3 Å². The number of carboxylic acid groups (broad SMARTS) is 2. The zero-order chi connectivity index (χ0) is 30.3. The number of rotatable bonds is 8. The second-order valence-electron chi connectivity index (χ2n) is 10.7. The summed E-state index contributed by atoms with van der Waals surface area (Å²) in [6.07, 6.45) is 4.22. The first-order valence-electron chi connectivity index (χ1n) is 13.9. The molecule has 43 heavy (non-hydrogen) atoms. The Labute approximate surface area is 261 Å². The average molecular weight is 641 g/mol. The number of fused-ring (bicyclic) bond motifs is 8. The van der Waals surface area contributed by atoms with Crippen LogP contribution in [0.25, 0.3) is 50.4 Å². The molecular weight excluding hydrogens is 603 g/mol. The second-order valence-corrected chi connectivity index (χ2v) is 10.7. The molecule has 2 aliphatic heterocycles. The maximum absolute atomic E-state index is 11.5. The number of aromatic nitrogens is 4. The van der Waals surface area contributed by atoms with Gasteiger partial charge in [-0.1, -0.05) is 25.3 Å². The van der Waals surface area contributed by atoms with Crippen molar-refractivity contribution in [2.75, 3.05) is 0 Å². The SMILES string of the molecule is C=CC1=C(C)c2cc3[nH]c(cc4nc(cc5[nH]c(cc1n2)c(C)c5CCC(=O)O)C(CCC(=O)O)=C4C)c(C)c3C=C.[AsH3]. The van der Waals surface area contributed by atoms with E-state index in [0.29, 0.717) is 18.5 Å². The van der Waals surface area contributed by atoms with Crippen molar-refractivity contribution < 1.29 is 19.8 Å². The molecule has 0 aliphatic carbocycles. The molecule has 8 bridgehead atoms. The van der Waals surface area contributed by atoms with Crippen LogP contribution in [0.1, 0.15) is 78.1 Å². The van der Waals surface area contributed by atoms with Crippen molar-refractivity contribution in [2.24, 2.45) is 0 Å². The molecular formula is C34H37AsN4O4. The summed E-state index contributed by atoms with van der Waals surface area (Å²) in [5.41, 5.74) is 13.7. The molecule has 0 fully saturated rings. The number of H-pyrrole nitrogens is 2. The summed E-state index contributed by atoms with van der Waals surface area (Å²) in [6, 6.07) is 7.88. The Morgan fingerprint density at radius 3 is 1.91 bits per heavy atom. The monoisotopic (exact) mass is 640 g/mol. The van der Waals surface area contributed by atoms with E-state index in [0.717, 1.165) is 83.7 Å². The number of aryl methyl sites for hydroxylation is 3. The number of hydrogen-bond acceptors (Lipinski definition) is 4. The van der Waals surface area contributed by atoms with Gasteiger partial charge in [0.1, 0.15) is 0 Å². The van der Waals surface area contributed by atoms with Crippen LogP contribution < -0.4 is 0 Å². The summed E-state index contributed by atoms with van der Waals surface area (Å²) in [6.45, 7) is 16.0. The maximum atomic E-state index is 11.5. The molecule has 0 aromatic carbocycles. The van der Waals surface area contributed by atoms with Gasteiger partial charge in [-0.3, -0.25) is 9.59 Å². The van der Waals surface area contributed by atoms with Gasteiger partial charge in [0.05, 0.1) is 22.8 Å². The number of hydrogen-bond donors (Lipinski definition) is 4. The number of nitrogens with one attached hydrogen (secondary N) is 2. The molecule has 5 rings (SSSR count). The van der Waals surface area contributed by atoms with Gasteiger partial charge in [0.2, 0.25) is 0 Å². The van der Waals surface area contributed by atoms with Gasteiger partial charge in [0.15, 0.2) is 0 Å². The van der Waals surface area contributed by atoms with Gasteiger partial charge in [0, 0.05) is 46.0 Å². The van der Waals surface area contributed by atoms with E-state index in [1.807, 2.05) is 58.0 Å². The molecule has 5 heterocycles. The van der Waals surface area contributed by atoms with Crippen LogP contribution in [0.5, 0.6) is 0 Å². The summed E-state index contributed by atoms with van der Waals surface area (Å²) in [4.78, 5) is 40.0. The summed E-state index contributed by atoms with van der Waals surface area (Å²) >= 11 is 0. The Morgan fingerprint density at radius 2 is 1.26 bits per heavy atom. The first-order chi connectivity index (χ1) is 20.0. The molecule has 0 radical (unpaired) electrons. The van der Waals surface area contributed by atoms with Crippen molar-refractivity contribution in [1.29, 1.82) is 0 Å². The normalized spacial score (nSPS) is 12.7. The number of allylic oxidation sites excluding steroid dienone is 5. The summed E-state index contributed by atoms with van der Waals surface area (Å²) in [5, 5.41) is 18.9. The zero-order valence-corrected chi connectivity index (χ0v) is 28.0. The molecule has 222 valence electrons. The van der Waals surface area contributed by atoms with Crippen LogP contribution in [0.3, 0.4) is 0 Å². The second kappa shape index (κ2) is 12.4. The van der Waals surface area contributed by atoms with E-state index in [1.54, 1.807) is 6.08 Å². The predicted molar refractivity (Wildman–Crippen MR) is 179 cm³/mol. The fourth-order valence-corrected chi connectivity index (χ4v) is 5.77. The molecule has 0 saturated heterocycles. The molecule has 1 atom stereocenters. The van der Waals surface area contributed by atoms with Gasteiger partial charge in [-0.25, -0.2) is 9.97 Å². The minimum absolute atomic E-state index is 0.